The molecule has 6 aromatic carbocycles. The maximum atomic E-state index is 6.69. The van der Waals surface area contributed by atoms with Gasteiger partial charge >= 0.3 is 0 Å². The highest BCUT2D eigenvalue weighted by Crippen LogP contribution is 2.41. The lowest BCUT2D eigenvalue weighted by Gasteiger charge is -2.11. The molecule has 186 valence electrons. The Kier molecular flexibility index (Phi) is 4.30. The van der Waals surface area contributed by atoms with Gasteiger partial charge in [-0.25, -0.2) is 9.97 Å². The molecule has 4 nitrogen and oxygen atoms in total. The highest BCUT2D eigenvalue weighted by molar-refractivity contribution is 6.22. The van der Waals surface area contributed by atoms with Gasteiger partial charge < -0.3 is 4.42 Å². The van der Waals surface area contributed by atoms with Crippen LogP contribution in [0, 0.1) is 0 Å². The number of benzene rings is 6. The molecule has 0 atom stereocenters. The molecule has 0 saturated heterocycles. The molecule has 0 fully saturated rings. The number of furan rings is 1. The van der Waals surface area contributed by atoms with Crippen molar-refractivity contribution in [3.8, 4) is 17.2 Å². The Morgan fingerprint density at radius 2 is 1.23 bits per heavy atom. The summed E-state index contributed by atoms with van der Waals surface area (Å²) in [5.41, 5.74) is 6.62. The fourth-order valence-corrected chi connectivity index (χ4v) is 6.16. The zero-order chi connectivity index (χ0) is 26.2. The van der Waals surface area contributed by atoms with E-state index in [2.05, 4.69) is 102 Å². The van der Waals surface area contributed by atoms with Crippen LogP contribution in [0.5, 0.6) is 0 Å². The Labute approximate surface area is 228 Å². The first kappa shape index (κ1) is 21.5. The summed E-state index contributed by atoms with van der Waals surface area (Å²) in [4.78, 5) is 10.3. The van der Waals surface area contributed by atoms with Crippen LogP contribution in [0.4, 0.5) is 0 Å². The number of nitrogens with zero attached hydrogens (tertiary/aromatic N) is 3. The van der Waals surface area contributed by atoms with Crippen molar-refractivity contribution in [2.24, 2.45) is 0 Å². The van der Waals surface area contributed by atoms with Crippen LogP contribution in [0.25, 0.3) is 82.6 Å². The van der Waals surface area contributed by atoms with Crippen LogP contribution in [0.2, 0.25) is 0 Å². The SMILES string of the molecule is c1ccc(-c2nc(-n3c4ccccc4c4ccc5c6cc7ccccc7cc6oc5c43)nc3ccccc23)cc1. The smallest absolute Gasteiger partial charge is 0.235 e. The van der Waals surface area contributed by atoms with Crippen molar-refractivity contribution in [3.63, 3.8) is 0 Å². The van der Waals surface area contributed by atoms with E-state index in [1.807, 2.05) is 30.3 Å². The monoisotopic (exact) mass is 511 g/mol. The Morgan fingerprint density at radius 3 is 2.10 bits per heavy atom. The van der Waals surface area contributed by atoms with Crippen LogP contribution in [-0.2, 0) is 0 Å². The molecule has 3 aromatic heterocycles. The lowest BCUT2D eigenvalue weighted by molar-refractivity contribution is 0.671. The maximum Gasteiger partial charge on any atom is 0.235 e. The summed E-state index contributed by atoms with van der Waals surface area (Å²) >= 11 is 0. The lowest BCUT2D eigenvalue weighted by Crippen LogP contribution is -2.03. The third kappa shape index (κ3) is 2.96. The molecule has 0 amide bonds. The van der Waals surface area contributed by atoms with Crippen LogP contribution in [0.15, 0.2) is 132 Å². The molecule has 0 unspecified atom stereocenters. The van der Waals surface area contributed by atoms with E-state index >= 15 is 0 Å². The van der Waals surface area contributed by atoms with Crippen LogP contribution < -0.4 is 0 Å². The highest BCUT2D eigenvalue weighted by atomic mass is 16.3. The van der Waals surface area contributed by atoms with Crippen molar-refractivity contribution in [1.82, 2.24) is 14.5 Å². The average molecular weight is 512 g/mol. The first-order valence-electron chi connectivity index (χ1n) is 13.4. The van der Waals surface area contributed by atoms with E-state index < -0.39 is 0 Å². The lowest BCUT2D eigenvalue weighted by atomic mass is 10.1. The van der Waals surface area contributed by atoms with E-state index in [1.54, 1.807) is 0 Å². The molecule has 0 bridgehead atoms. The molecular weight excluding hydrogens is 490 g/mol. The zero-order valence-corrected chi connectivity index (χ0v) is 21.4. The number of aromatic nitrogens is 3. The molecule has 0 saturated carbocycles. The van der Waals surface area contributed by atoms with Gasteiger partial charge in [0.2, 0.25) is 5.95 Å². The Bertz CT molecular complexity index is 2430. The van der Waals surface area contributed by atoms with Crippen LogP contribution in [-0.4, -0.2) is 14.5 Å². The second kappa shape index (κ2) is 8.01. The molecule has 0 aliphatic carbocycles. The van der Waals surface area contributed by atoms with Gasteiger partial charge in [0, 0.05) is 32.5 Å². The Morgan fingerprint density at radius 1 is 0.525 bits per heavy atom. The minimum absolute atomic E-state index is 0.627. The second-order valence-corrected chi connectivity index (χ2v) is 10.2. The van der Waals surface area contributed by atoms with Crippen molar-refractivity contribution in [2.45, 2.75) is 0 Å². The number of fused-ring (bicyclic) bond motifs is 9. The molecule has 0 N–H and O–H groups in total. The van der Waals surface area contributed by atoms with Gasteiger partial charge in [-0.15, -0.1) is 0 Å². The molecule has 3 heterocycles. The van der Waals surface area contributed by atoms with E-state index in [0.717, 1.165) is 71.3 Å². The molecule has 0 radical (unpaired) electrons. The van der Waals surface area contributed by atoms with E-state index in [4.69, 9.17) is 14.4 Å². The zero-order valence-electron chi connectivity index (χ0n) is 21.4. The van der Waals surface area contributed by atoms with Gasteiger partial charge in [0.25, 0.3) is 0 Å². The van der Waals surface area contributed by atoms with E-state index in [0.29, 0.717) is 5.95 Å². The van der Waals surface area contributed by atoms with E-state index in [-0.39, 0.29) is 0 Å². The minimum Gasteiger partial charge on any atom is -0.454 e. The molecule has 0 spiro atoms. The second-order valence-electron chi connectivity index (χ2n) is 10.2. The van der Waals surface area contributed by atoms with Gasteiger partial charge in [-0.1, -0.05) is 97.1 Å². The van der Waals surface area contributed by atoms with Crippen molar-refractivity contribution < 1.29 is 4.42 Å². The van der Waals surface area contributed by atoms with E-state index in [9.17, 15) is 0 Å². The normalized spacial score (nSPS) is 12.0. The average Bonchev–Trinajstić information content (AvgIpc) is 3.55. The van der Waals surface area contributed by atoms with Gasteiger partial charge in [0.1, 0.15) is 11.1 Å². The molecule has 4 heteroatoms. The largest absolute Gasteiger partial charge is 0.454 e. The highest BCUT2D eigenvalue weighted by Gasteiger charge is 2.21. The fourth-order valence-electron chi connectivity index (χ4n) is 6.16. The number of para-hydroxylation sites is 2. The minimum atomic E-state index is 0.627. The van der Waals surface area contributed by atoms with Crippen LogP contribution in [0.1, 0.15) is 0 Å². The van der Waals surface area contributed by atoms with E-state index in [1.165, 1.54) is 5.39 Å². The predicted octanol–water partition coefficient (Wildman–Crippen LogP) is 9.45. The number of hydrogen-bond acceptors (Lipinski definition) is 3. The van der Waals surface area contributed by atoms with Gasteiger partial charge in [0.15, 0.2) is 5.58 Å². The van der Waals surface area contributed by atoms with Crippen LogP contribution in [0.3, 0.4) is 0 Å². The standard InChI is InChI=1S/C36H21N3O/c1-2-10-22(11-3-1)33-28-15-6-8-16-30(28)37-36(38-33)39-31-17-9-7-14-25(31)26-18-19-27-29-20-23-12-4-5-13-24(23)21-32(29)40-35(27)34(26)39/h1-21H. The summed E-state index contributed by atoms with van der Waals surface area (Å²) in [6, 6.07) is 44.2. The Hall–Kier alpha value is -5.48. The summed E-state index contributed by atoms with van der Waals surface area (Å²) < 4.78 is 8.87. The number of rotatable bonds is 2. The van der Waals surface area contributed by atoms with Crippen molar-refractivity contribution in [2.75, 3.05) is 0 Å². The quantitative estimate of drug-likeness (QED) is 0.232. The van der Waals surface area contributed by atoms with Gasteiger partial charge in [-0.3, -0.25) is 4.57 Å². The summed E-state index contributed by atoms with van der Waals surface area (Å²) in [6.07, 6.45) is 0. The maximum absolute atomic E-state index is 6.69. The van der Waals surface area contributed by atoms with Crippen LogP contribution >= 0.6 is 0 Å². The molecule has 40 heavy (non-hydrogen) atoms. The van der Waals surface area contributed by atoms with Crippen molar-refractivity contribution >= 4 is 65.4 Å². The molecule has 0 aliphatic heterocycles. The summed E-state index contributed by atoms with van der Waals surface area (Å²) in [6.45, 7) is 0. The third-order valence-corrected chi connectivity index (χ3v) is 7.98. The summed E-state index contributed by atoms with van der Waals surface area (Å²) in [5, 5.41) is 7.84. The molecule has 0 aliphatic rings. The van der Waals surface area contributed by atoms with Crippen molar-refractivity contribution in [1.29, 1.82) is 0 Å². The van der Waals surface area contributed by atoms with Gasteiger partial charge in [-0.05, 0) is 41.1 Å². The fraction of sp³-hybridized carbons (Fsp3) is 0. The van der Waals surface area contributed by atoms with Gasteiger partial charge in [0.05, 0.1) is 16.7 Å². The summed E-state index contributed by atoms with van der Waals surface area (Å²) in [7, 11) is 0. The third-order valence-electron chi connectivity index (χ3n) is 7.98. The Balaban J connectivity index is 1.45. The number of hydrogen-bond donors (Lipinski definition) is 0. The molecule has 9 rings (SSSR count). The van der Waals surface area contributed by atoms with Gasteiger partial charge in [-0.2, -0.15) is 0 Å². The summed E-state index contributed by atoms with van der Waals surface area (Å²) in [5.74, 6) is 0.627. The first-order chi connectivity index (χ1) is 19.8. The first-order valence-corrected chi connectivity index (χ1v) is 13.4. The van der Waals surface area contributed by atoms with Crippen molar-refractivity contribution in [3.05, 3.63) is 127 Å². The predicted molar refractivity (Wildman–Crippen MR) is 164 cm³/mol. The molecule has 9 aromatic rings. The molecular formula is C36H21N3O. The topological polar surface area (TPSA) is 43.9 Å².